The summed E-state index contributed by atoms with van der Waals surface area (Å²) in [5, 5.41) is 2.50. The van der Waals surface area contributed by atoms with E-state index >= 15 is 0 Å². The van der Waals surface area contributed by atoms with Crippen LogP contribution in [-0.4, -0.2) is 59.2 Å². The number of rotatable bonds is 10. The Balaban J connectivity index is 2.18. The highest BCUT2D eigenvalue weighted by Gasteiger charge is 2.31. The zero-order valence-electron chi connectivity index (χ0n) is 19.4. The summed E-state index contributed by atoms with van der Waals surface area (Å²) < 4.78 is 46.1. The molecular formula is C23H31F3N4O3. The van der Waals surface area contributed by atoms with Gasteiger partial charge in [-0.25, -0.2) is 4.79 Å². The van der Waals surface area contributed by atoms with Crippen LogP contribution in [-0.2, 0) is 29.3 Å². The summed E-state index contributed by atoms with van der Waals surface area (Å²) in [6, 6.07) is 7.24. The van der Waals surface area contributed by atoms with E-state index in [2.05, 4.69) is 5.32 Å². The third kappa shape index (κ3) is 7.52. The van der Waals surface area contributed by atoms with Gasteiger partial charge < -0.3 is 24.4 Å². The van der Waals surface area contributed by atoms with E-state index in [0.717, 1.165) is 17.8 Å². The van der Waals surface area contributed by atoms with Crippen molar-refractivity contribution in [1.82, 2.24) is 14.4 Å². The van der Waals surface area contributed by atoms with Gasteiger partial charge in [0.05, 0.1) is 18.7 Å². The number of nitrogens with one attached hydrogen (secondary N) is 1. The van der Waals surface area contributed by atoms with Crippen LogP contribution in [0.2, 0.25) is 0 Å². The Labute approximate surface area is 192 Å². The first-order valence-corrected chi connectivity index (χ1v) is 10.7. The molecule has 1 atom stereocenters. The molecule has 3 amide bonds. The lowest BCUT2D eigenvalue weighted by molar-refractivity contribution is -0.137. The molecule has 1 N–H and O–H groups in total. The number of ether oxygens (including phenoxy) is 1. The normalized spacial score (nSPS) is 12.3. The summed E-state index contributed by atoms with van der Waals surface area (Å²) in [6.07, 6.45) is -2.08. The molecule has 1 aromatic heterocycles. The largest absolute Gasteiger partial charge is 0.416 e. The Hall–Kier alpha value is -3.01. The van der Waals surface area contributed by atoms with Crippen LogP contribution in [0.5, 0.6) is 0 Å². The standard InChI is InChI=1S/C23H31F3N4O3/c1-5-17(2)30(22(32)27-19-9-6-8-18(14-19)23(24,25)26)16-21(31)29(12-13-33-4)15-20-10-7-11-28(20)3/h6-11,14,17H,5,12-13,15-16H2,1-4H3,(H,27,32). The number of aromatic nitrogens is 1. The Morgan fingerprint density at radius 3 is 2.52 bits per heavy atom. The van der Waals surface area contributed by atoms with Crippen LogP contribution in [0.3, 0.4) is 0 Å². The lowest BCUT2D eigenvalue weighted by atomic mass is 10.2. The first kappa shape index (κ1) is 26.2. The molecule has 0 saturated heterocycles. The molecule has 1 aromatic carbocycles. The van der Waals surface area contributed by atoms with E-state index in [4.69, 9.17) is 4.74 Å². The van der Waals surface area contributed by atoms with Crippen LogP contribution in [0, 0.1) is 0 Å². The first-order valence-electron chi connectivity index (χ1n) is 10.7. The SMILES string of the molecule is CCC(C)N(CC(=O)N(CCOC)Cc1cccn1C)C(=O)Nc1cccc(C(F)(F)F)c1. The zero-order chi connectivity index (χ0) is 24.6. The number of hydrogen-bond donors (Lipinski definition) is 1. The second-order valence-corrected chi connectivity index (χ2v) is 7.81. The van der Waals surface area contributed by atoms with Crippen molar-refractivity contribution in [2.75, 3.05) is 32.1 Å². The molecule has 0 radical (unpaired) electrons. The number of aryl methyl sites for hydroxylation is 1. The maximum atomic E-state index is 13.2. The van der Waals surface area contributed by atoms with Gasteiger partial charge in [0, 0.05) is 44.3 Å². The van der Waals surface area contributed by atoms with Crippen LogP contribution >= 0.6 is 0 Å². The maximum absolute atomic E-state index is 13.2. The molecule has 1 heterocycles. The molecule has 0 aliphatic rings. The highest BCUT2D eigenvalue weighted by Crippen LogP contribution is 2.30. The molecule has 33 heavy (non-hydrogen) atoms. The Bertz CT molecular complexity index is 930. The monoisotopic (exact) mass is 468 g/mol. The number of carbonyl (C=O) groups is 2. The minimum atomic E-state index is -4.52. The highest BCUT2D eigenvalue weighted by molar-refractivity contribution is 5.92. The summed E-state index contributed by atoms with van der Waals surface area (Å²) in [7, 11) is 3.42. The van der Waals surface area contributed by atoms with Crippen LogP contribution in [0.15, 0.2) is 42.6 Å². The van der Waals surface area contributed by atoms with Gasteiger partial charge >= 0.3 is 12.2 Å². The Kier molecular flexibility index (Phi) is 9.33. The number of hydrogen-bond acceptors (Lipinski definition) is 3. The maximum Gasteiger partial charge on any atom is 0.416 e. The van der Waals surface area contributed by atoms with Gasteiger partial charge in [0.25, 0.3) is 0 Å². The van der Waals surface area contributed by atoms with Gasteiger partial charge in [-0.2, -0.15) is 13.2 Å². The topological polar surface area (TPSA) is 66.8 Å². The Morgan fingerprint density at radius 1 is 1.21 bits per heavy atom. The van der Waals surface area contributed by atoms with Crippen LogP contribution in [0.1, 0.15) is 31.5 Å². The Morgan fingerprint density at radius 2 is 1.94 bits per heavy atom. The number of halogens is 3. The molecule has 0 fully saturated rings. The van der Waals surface area contributed by atoms with Gasteiger partial charge in [-0.1, -0.05) is 13.0 Å². The summed E-state index contributed by atoms with van der Waals surface area (Å²) in [5.74, 6) is -0.284. The number of nitrogens with zero attached hydrogens (tertiary/aromatic N) is 3. The van der Waals surface area contributed by atoms with Gasteiger partial charge in [0.2, 0.25) is 5.91 Å². The van der Waals surface area contributed by atoms with Gasteiger partial charge in [-0.3, -0.25) is 4.79 Å². The van der Waals surface area contributed by atoms with Crippen molar-refractivity contribution < 1.29 is 27.5 Å². The second-order valence-electron chi connectivity index (χ2n) is 7.81. The third-order valence-corrected chi connectivity index (χ3v) is 5.45. The number of amides is 3. The predicted octanol–water partition coefficient (Wildman–Crippen LogP) is 4.35. The molecule has 0 aliphatic heterocycles. The number of carbonyl (C=O) groups excluding carboxylic acids is 2. The van der Waals surface area contributed by atoms with E-state index in [1.54, 1.807) is 18.9 Å². The number of benzene rings is 1. The minimum Gasteiger partial charge on any atom is -0.383 e. The fraction of sp³-hybridized carbons (Fsp3) is 0.478. The van der Waals surface area contributed by atoms with E-state index in [-0.39, 0.29) is 24.2 Å². The van der Waals surface area contributed by atoms with Crippen molar-refractivity contribution in [3.05, 3.63) is 53.9 Å². The summed E-state index contributed by atoms with van der Waals surface area (Å²) in [4.78, 5) is 29.0. The molecule has 1 unspecified atom stereocenters. The van der Waals surface area contributed by atoms with E-state index < -0.39 is 17.8 Å². The summed E-state index contributed by atoms with van der Waals surface area (Å²) in [6.45, 7) is 4.45. The fourth-order valence-corrected chi connectivity index (χ4v) is 3.21. The predicted molar refractivity (Wildman–Crippen MR) is 120 cm³/mol. The van der Waals surface area contributed by atoms with E-state index in [0.29, 0.717) is 26.1 Å². The van der Waals surface area contributed by atoms with E-state index in [9.17, 15) is 22.8 Å². The van der Waals surface area contributed by atoms with Crippen LogP contribution in [0.25, 0.3) is 0 Å². The van der Waals surface area contributed by atoms with Crippen molar-refractivity contribution in [2.45, 2.75) is 39.0 Å². The molecule has 0 aliphatic carbocycles. The number of methoxy groups -OCH3 is 1. The van der Waals surface area contributed by atoms with Crippen molar-refractivity contribution in [1.29, 1.82) is 0 Å². The number of urea groups is 1. The van der Waals surface area contributed by atoms with Crippen LogP contribution < -0.4 is 5.32 Å². The van der Waals surface area contributed by atoms with Crippen molar-refractivity contribution in [2.24, 2.45) is 7.05 Å². The molecule has 0 spiro atoms. The lowest BCUT2D eigenvalue weighted by Crippen LogP contribution is -2.48. The molecule has 182 valence electrons. The van der Waals surface area contributed by atoms with Gasteiger partial charge in [-0.15, -0.1) is 0 Å². The molecule has 0 bridgehead atoms. The summed E-state index contributed by atoms with van der Waals surface area (Å²) in [5.41, 5.74) is 0.0679. The van der Waals surface area contributed by atoms with Gasteiger partial charge in [0.15, 0.2) is 0 Å². The number of anilines is 1. The molecule has 2 aromatic rings. The average molecular weight is 469 g/mol. The highest BCUT2D eigenvalue weighted by atomic mass is 19.4. The van der Waals surface area contributed by atoms with Crippen molar-refractivity contribution in [3.8, 4) is 0 Å². The third-order valence-electron chi connectivity index (χ3n) is 5.45. The van der Waals surface area contributed by atoms with Crippen LogP contribution in [0.4, 0.5) is 23.7 Å². The average Bonchev–Trinajstić information content (AvgIpc) is 3.18. The number of alkyl halides is 3. The first-order chi connectivity index (χ1) is 15.6. The summed E-state index contributed by atoms with van der Waals surface area (Å²) >= 11 is 0. The van der Waals surface area contributed by atoms with E-state index in [1.807, 2.05) is 36.9 Å². The molecule has 10 heteroatoms. The quantitative estimate of drug-likeness (QED) is 0.564. The van der Waals surface area contributed by atoms with Crippen molar-refractivity contribution in [3.63, 3.8) is 0 Å². The van der Waals surface area contributed by atoms with Gasteiger partial charge in [-0.05, 0) is 43.7 Å². The molecule has 2 rings (SSSR count). The zero-order valence-corrected chi connectivity index (χ0v) is 19.4. The molecule has 0 saturated carbocycles. The fourth-order valence-electron chi connectivity index (χ4n) is 3.21. The van der Waals surface area contributed by atoms with E-state index in [1.165, 1.54) is 17.0 Å². The second kappa shape index (κ2) is 11.7. The molecule has 7 nitrogen and oxygen atoms in total. The molecular weight excluding hydrogens is 437 g/mol. The van der Waals surface area contributed by atoms with Gasteiger partial charge in [0.1, 0.15) is 6.54 Å². The minimum absolute atomic E-state index is 0.00984. The smallest absolute Gasteiger partial charge is 0.383 e. The van der Waals surface area contributed by atoms with Crippen molar-refractivity contribution >= 4 is 17.6 Å². The lowest BCUT2D eigenvalue weighted by Gasteiger charge is -2.31.